The Morgan fingerprint density at radius 1 is 0.844 bits per heavy atom. The molecule has 0 bridgehead atoms. The van der Waals surface area contributed by atoms with Crippen LogP contribution in [-0.4, -0.2) is 132 Å². The van der Waals surface area contributed by atoms with E-state index in [0.717, 1.165) is 18.2 Å². The van der Waals surface area contributed by atoms with Gasteiger partial charge in [-0.2, -0.15) is 0 Å². The number of ether oxygens (including phenoxy) is 5. The maximum Gasteiger partial charge on any atom is 0.331 e. The lowest BCUT2D eigenvalue weighted by molar-refractivity contribution is -0.358. The van der Waals surface area contributed by atoms with Crippen molar-refractivity contribution in [2.24, 2.45) is 0 Å². The monoisotopic (exact) mass is 640 g/mol. The van der Waals surface area contributed by atoms with Crippen LogP contribution in [0, 0.1) is 0 Å². The molecule has 0 spiro atoms. The average Bonchev–Trinajstić information content (AvgIpc) is 3.01. The number of hydrogen-bond acceptors (Lipinski definition) is 16. The molecule has 10 N–H and O–H groups in total. The average molecular weight is 641 g/mol. The second kappa shape index (κ2) is 14.7. The standard InChI is InChI=1S/C29H36O16/c1-12-22(37)23(38)24(39)29(42-12)45-27-25(40)28(41-11-19(35)14-4-6-16(32)18(34)9-14)43-20(10-30)26(27)44-21(36)7-3-13-2-5-15(31)17(33)8-13/h2-9,12,19-20,22-35,37-40H,10-11H2,1H3/t12-,19-,20+,22-,23+,24+,25+,26+,27+,28+,29+/m0/s1. The van der Waals surface area contributed by atoms with Gasteiger partial charge in [0.05, 0.1) is 19.3 Å². The van der Waals surface area contributed by atoms with Gasteiger partial charge in [-0.1, -0.05) is 12.1 Å². The lowest BCUT2D eigenvalue weighted by Gasteiger charge is -2.46. The second-order valence-corrected chi connectivity index (χ2v) is 10.6. The van der Waals surface area contributed by atoms with Gasteiger partial charge in [-0.05, 0) is 48.4 Å². The van der Waals surface area contributed by atoms with Gasteiger partial charge < -0.3 is 74.7 Å². The maximum atomic E-state index is 12.8. The van der Waals surface area contributed by atoms with Crippen molar-refractivity contribution in [3.05, 3.63) is 53.6 Å². The van der Waals surface area contributed by atoms with Gasteiger partial charge >= 0.3 is 5.97 Å². The van der Waals surface area contributed by atoms with Crippen LogP contribution in [0.3, 0.4) is 0 Å². The first-order chi connectivity index (χ1) is 21.3. The molecule has 2 aromatic carbocycles. The fourth-order valence-corrected chi connectivity index (χ4v) is 4.77. The minimum Gasteiger partial charge on any atom is -0.504 e. The number of hydrogen-bond donors (Lipinski definition) is 10. The molecule has 2 saturated heterocycles. The van der Waals surface area contributed by atoms with Gasteiger partial charge in [-0.25, -0.2) is 4.79 Å². The highest BCUT2D eigenvalue weighted by Gasteiger charge is 2.52. The minimum absolute atomic E-state index is 0.142. The Morgan fingerprint density at radius 3 is 2.16 bits per heavy atom. The second-order valence-electron chi connectivity index (χ2n) is 10.6. The lowest BCUT2D eigenvalue weighted by Crippen LogP contribution is -2.65. The van der Waals surface area contributed by atoms with Crippen LogP contribution in [0.4, 0.5) is 0 Å². The third-order valence-corrected chi connectivity index (χ3v) is 7.36. The summed E-state index contributed by atoms with van der Waals surface area (Å²) in [6.07, 6.45) is -15.0. The van der Waals surface area contributed by atoms with Crippen molar-refractivity contribution in [1.82, 2.24) is 0 Å². The first-order valence-corrected chi connectivity index (χ1v) is 13.8. The number of benzene rings is 2. The molecule has 2 aliphatic rings. The third kappa shape index (κ3) is 8.00. The van der Waals surface area contributed by atoms with Crippen LogP contribution < -0.4 is 0 Å². The van der Waals surface area contributed by atoms with E-state index in [2.05, 4.69) is 0 Å². The fraction of sp³-hybridized carbons (Fsp3) is 0.483. The number of phenols is 4. The Morgan fingerprint density at radius 2 is 1.51 bits per heavy atom. The number of phenolic OH excluding ortho intramolecular Hbond substituents is 4. The number of aliphatic hydroxyl groups excluding tert-OH is 6. The molecule has 4 rings (SSSR count). The molecule has 248 valence electrons. The fourth-order valence-electron chi connectivity index (χ4n) is 4.77. The summed E-state index contributed by atoms with van der Waals surface area (Å²) in [6.45, 7) is 0.0546. The number of aromatic hydroxyl groups is 4. The van der Waals surface area contributed by atoms with Crippen molar-refractivity contribution >= 4 is 12.0 Å². The van der Waals surface area contributed by atoms with E-state index in [4.69, 9.17) is 23.7 Å². The maximum absolute atomic E-state index is 12.8. The van der Waals surface area contributed by atoms with E-state index >= 15 is 0 Å². The number of rotatable bonds is 10. The molecule has 2 aromatic rings. The van der Waals surface area contributed by atoms with Crippen molar-refractivity contribution in [2.75, 3.05) is 13.2 Å². The van der Waals surface area contributed by atoms with Gasteiger partial charge in [0.2, 0.25) is 0 Å². The predicted molar refractivity (Wildman–Crippen MR) is 148 cm³/mol. The van der Waals surface area contributed by atoms with E-state index in [1.807, 2.05) is 0 Å². The Balaban J connectivity index is 1.54. The van der Waals surface area contributed by atoms with Crippen molar-refractivity contribution in [1.29, 1.82) is 0 Å². The molecule has 0 saturated carbocycles. The number of carbonyl (C=O) groups is 1. The Bertz CT molecular complexity index is 1340. The molecule has 16 heteroatoms. The van der Waals surface area contributed by atoms with Gasteiger partial charge in [0.25, 0.3) is 0 Å². The van der Waals surface area contributed by atoms with Gasteiger partial charge in [-0.15, -0.1) is 0 Å². The SMILES string of the molecule is C[C@@H]1O[C@H](O[C@@H]2[C@@H](O)[C@H](OC[C@H](O)c3ccc(O)c(O)c3)O[C@H](CO)[C@H]2OC(=O)C=Cc2ccc(O)c(O)c2)[C@H](O)[C@H](O)[C@H]1O. The summed E-state index contributed by atoms with van der Waals surface area (Å²) in [5, 5.41) is 101. The molecule has 0 aromatic heterocycles. The van der Waals surface area contributed by atoms with E-state index in [-0.39, 0.29) is 11.3 Å². The van der Waals surface area contributed by atoms with E-state index in [9.17, 15) is 55.9 Å². The zero-order chi connectivity index (χ0) is 33.0. The Kier molecular flexibility index (Phi) is 11.2. The predicted octanol–water partition coefficient (Wildman–Crippen LogP) is -1.53. The molecule has 2 heterocycles. The summed E-state index contributed by atoms with van der Waals surface area (Å²) >= 11 is 0. The number of esters is 1. The first-order valence-electron chi connectivity index (χ1n) is 13.8. The number of aliphatic hydroxyl groups is 6. The summed E-state index contributed by atoms with van der Waals surface area (Å²) in [5.74, 6) is -2.75. The molecule has 0 radical (unpaired) electrons. The highest BCUT2D eigenvalue weighted by atomic mass is 16.7. The van der Waals surface area contributed by atoms with Crippen LogP contribution in [-0.2, 0) is 28.5 Å². The van der Waals surface area contributed by atoms with Crippen LogP contribution in [0.25, 0.3) is 6.08 Å². The van der Waals surface area contributed by atoms with Crippen LogP contribution in [0.15, 0.2) is 42.5 Å². The summed E-state index contributed by atoms with van der Waals surface area (Å²) in [4.78, 5) is 12.8. The highest BCUT2D eigenvalue weighted by molar-refractivity contribution is 5.87. The molecular weight excluding hydrogens is 604 g/mol. The van der Waals surface area contributed by atoms with Crippen molar-refractivity contribution in [3.63, 3.8) is 0 Å². The Hall–Kier alpha value is -3.55. The van der Waals surface area contributed by atoms with Gasteiger partial charge in [0, 0.05) is 6.08 Å². The van der Waals surface area contributed by atoms with Crippen molar-refractivity contribution in [2.45, 2.75) is 74.4 Å². The van der Waals surface area contributed by atoms with Crippen molar-refractivity contribution < 1.29 is 79.5 Å². The normalized spacial score (nSPS) is 32.8. The molecule has 16 nitrogen and oxygen atoms in total. The summed E-state index contributed by atoms with van der Waals surface area (Å²) in [6, 6.07) is 7.32. The molecule has 2 aliphatic heterocycles. The lowest BCUT2D eigenvalue weighted by atomic mass is 9.97. The molecular formula is C29H36O16. The highest BCUT2D eigenvalue weighted by Crippen LogP contribution is 2.33. The van der Waals surface area contributed by atoms with Crippen LogP contribution >= 0.6 is 0 Å². The largest absolute Gasteiger partial charge is 0.504 e. The van der Waals surface area contributed by atoms with Gasteiger partial charge in [0.15, 0.2) is 41.7 Å². The van der Waals surface area contributed by atoms with Crippen LogP contribution in [0.5, 0.6) is 23.0 Å². The van der Waals surface area contributed by atoms with Gasteiger partial charge in [-0.3, -0.25) is 0 Å². The Labute approximate surface area is 256 Å². The zero-order valence-corrected chi connectivity index (χ0v) is 23.8. The summed E-state index contributed by atoms with van der Waals surface area (Å²) in [7, 11) is 0. The molecule has 2 fully saturated rings. The first kappa shape index (κ1) is 34.3. The number of carbonyl (C=O) groups excluding carboxylic acids is 1. The van der Waals surface area contributed by atoms with E-state index in [0.29, 0.717) is 5.56 Å². The smallest absolute Gasteiger partial charge is 0.331 e. The third-order valence-electron chi connectivity index (χ3n) is 7.36. The molecule has 11 atom stereocenters. The van der Waals surface area contributed by atoms with Crippen molar-refractivity contribution in [3.8, 4) is 23.0 Å². The van der Waals surface area contributed by atoms with E-state index in [1.54, 1.807) is 0 Å². The summed E-state index contributed by atoms with van der Waals surface area (Å²) < 4.78 is 27.9. The quantitative estimate of drug-likeness (QED) is 0.0802. The topological polar surface area (TPSA) is 266 Å². The van der Waals surface area contributed by atoms with Gasteiger partial charge in [0.1, 0.15) is 42.7 Å². The van der Waals surface area contributed by atoms with E-state index < -0.39 is 104 Å². The molecule has 0 unspecified atom stereocenters. The molecule has 0 amide bonds. The zero-order valence-electron chi connectivity index (χ0n) is 23.8. The molecule has 45 heavy (non-hydrogen) atoms. The van der Waals surface area contributed by atoms with E-state index in [1.165, 1.54) is 37.3 Å². The minimum atomic E-state index is -1.83. The van der Waals surface area contributed by atoms with Crippen LogP contribution in [0.2, 0.25) is 0 Å². The molecule has 0 aliphatic carbocycles. The summed E-state index contributed by atoms with van der Waals surface area (Å²) in [5.41, 5.74) is 0.450. The van der Waals surface area contributed by atoms with Crippen LogP contribution in [0.1, 0.15) is 24.2 Å².